The molecule has 3 rings (SSSR count). The van der Waals surface area contributed by atoms with E-state index in [1.54, 1.807) is 0 Å². The van der Waals surface area contributed by atoms with Gasteiger partial charge in [-0.15, -0.1) is 0 Å². The molecule has 0 heterocycles. The van der Waals surface area contributed by atoms with Crippen molar-refractivity contribution >= 4 is 16.7 Å². The first-order valence-electron chi connectivity index (χ1n) is 7.70. The summed E-state index contributed by atoms with van der Waals surface area (Å²) in [5.74, 6) is -1.31. The second-order valence-corrected chi connectivity index (χ2v) is 5.99. The molecular weight excluding hydrogens is 302 g/mol. The molecular formula is C20H19NO3. The number of hydrogen-bond donors (Lipinski definition) is 2. The Labute approximate surface area is 140 Å². The van der Waals surface area contributed by atoms with Crippen molar-refractivity contribution in [3.8, 4) is 5.75 Å². The molecule has 0 bridgehead atoms. The topological polar surface area (TPSA) is 60.8 Å². The third-order valence-corrected chi connectivity index (χ3v) is 4.20. The summed E-state index contributed by atoms with van der Waals surface area (Å²) in [7, 11) is 3.83. The summed E-state index contributed by atoms with van der Waals surface area (Å²) in [5.41, 5.74) is 1.53. The highest BCUT2D eigenvalue weighted by Crippen LogP contribution is 2.40. The molecule has 0 saturated heterocycles. The van der Waals surface area contributed by atoms with Crippen molar-refractivity contribution in [1.29, 1.82) is 0 Å². The summed E-state index contributed by atoms with van der Waals surface area (Å²) in [6, 6.07) is 18.6. The number of carboxylic acid groups (broad SMARTS) is 1. The van der Waals surface area contributed by atoms with Gasteiger partial charge in [-0.2, -0.15) is 0 Å². The zero-order valence-electron chi connectivity index (χ0n) is 13.6. The highest BCUT2D eigenvalue weighted by molar-refractivity contribution is 6.00. The lowest BCUT2D eigenvalue weighted by Crippen LogP contribution is -2.22. The number of hydrogen-bond acceptors (Lipinski definition) is 3. The number of aromatic hydroxyl groups is 1. The fraction of sp³-hybridized carbons (Fsp3) is 0.150. The van der Waals surface area contributed by atoms with Crippen LogP contribution in [-0.2, 0) is 0 Å². The van der Waals surface area contributed by atoms with E-state index in [9.17, 15) is 15.0 Å². The monoisotopic (exact) mass is 321 g/mol. The molecule has 0 amide bonds. The first-order valence-corrected chi connectivity index (χ1v) is 7.70. The SMILES string of the molecule is CN(C)C(c1ccccc1)c1c(O)c(C(=O)O)cc2ccccc12. The van der Waals surface area contributed by atoms with Gasteiger partial charge in [-0.3, -0.25) is 4.90 Å². The second kappa shape index (κ2) is 6.34. The largest absolute Gasteiger partial charge is 0.507 e. The zero-order chi connectivity index (χ0) is 17.3. The molecule has 1 atom stereocenters. The molecule has 0 aliphatic heterocycles. The zero-order valence-corrected chi connectivity index (χ0v) is 13.6. The Morgan fingerprint density at radius 1 is 1.00 bits per heavy atom. The molecule has 1 unspecified atom stereocenters. The molecule has 3 aromatic carbocycles. The van der Waals surface area contributed by atoms with Gasteiger partial charge >= 0.3 is 5.97 Å². The average Bonchev–Trinajstić information content (AvgIpc) is 2.57. The summed E-state index contributed by atoms with van der Waals surface area (Å²) in [5, 5.41) is 21.8. The van der Waals surface area contributed by atoms with Gasteiger partial charge in [-0.05, 0) is 36.5 Å². The molecule has 0 saturated carbocycles. The third kappa shape index (κ3) is 2.72. The molecule has 2 N–H and O–H groups in total. The molecule has 0 aliphatic carbocycles. The minimum Gasteiger partial charge on any atom is -0.507 e. The highest BCUT2D eigenvalue weighted by atomic mass is 16.4. The van der Waals surface area contributed by atoms with Crippen LogP contribution in [0.1, 0.15) is 27.5 Å². The van der Waals surface area contributed by atoms with Crippen molar-refractivity contribution in [2.24, 2.45) is 0 Å². The Bertz CT molecular complexity index is 888. The minimum absolute atomic E-state index is 0.0773. The maximum absolute atomic E-state index is 11.6. The Morgan fingerprint density at radius 3 is 2.25 bits per heavy atom. The number of carbonyl (C=O) groups is 1. The van der Waals surface area contributed by atoms with Crippen LogP contribution in [0, 0.1) is 0 Å². The van der Waals surface area contributed by atoms with Crippen molar-refractivity contribution in [2.75, 3.05) is 14.1 Å². The number of rotatable bonds is 4. The summed E-state index contributed by atoms with van der Waals surface area (Å²) in [4.78, 5) is 13.5. The second-order valence-electron chi connectivity index (χ2n) is 5.99. The Balaban J connectivity index is 2.37. The van der Waals surface area contributed by atoms with Crippen molar-refractivity contribution in [2.45, 2.75) is 6.04 Å². The lowest BCUT2D eigenvalue weighted by molar-refractivity contribution is 0.0693. The quantitative estimate of drug-likeness (QED) is 0.765. The van der Waals surface area contributed by atoms with Crippen LogP contribution in [0.4, 0.5) is 0 Å². The summed E-state index contributed by atoms with van der Waals surface area (Å²) in [6.07, 6.45) is 0. The minimum atomic E-state index is -1.13. The summed E-state index contributed by atoms with van der Waals surface area (Å²) >= 11 is 0. The highest BCUT2D eigenvalue weighted by Gasteiger charge is 2.26. The van der Waals surface area contributed by atoms with Crippen LogP contribution in [0.2, 0.25) is 0 Å². The fourth-order valence-electron chi connectivity index (χ4n) is 3.16. The molecule has 122 valence electrons. The van der Waals surface area contributed by atoms with E-state index < -0.39 is 5.97 Å². The molecule has 0 fully saturated rings. The molecule has 3 aromatic rings. The van der Waals surface area contributed by atoms with Crippen LogP contribution in [0.15, 0.2) is 60.7 Å². The van der Waals surface area contributed by atoms with Gasteiger partial charge in [0, 0.05) is 5.56 Å². The predicted octanol–water partition coefficient (Wildman–Crippen LogP) is 3.89. The maximum Gasteiger partial charge on any atom is 0.339 e. The molecule has 0 aromatic heterocycles. The number of benzene rings is 3. The summed E-state index contributed by atoms with van der Waals surface area (Å²) in [6.45, 7) is 0. The van der Waals surface area contributed by atoms with Gasteiger partial charge in [0.1, 0.15) is 11.3 Å². The standard InChI is InChI=1S/C20H19NO3/c1-21(2)18(13-8-4-3-5-9-13)17-15-11-7-6-10-14(15)12-16(19(17)22)20(23)24/h3-12,18,22H,1-2H3,(H,23,24). The van der Waals surface area contributed by atoms with Crippen LogP contribution in [0.5, 0.6) is 5.75 Å². The van der Waals surface area contributed by atoms with Gasteiger partial charge < -0.3 is 10.2 Å². The molecule has 0 aliphatic rings. The molecule has 4 nitrogen and oxygen atoms in total. The van der Waals surface area contributed by atoms with Gasteiger partial charge in [0.25, 0.3) is 0 Å². The van der Waals surface area contributed by atoms with Crippen LogP contribution < -0.4 is 0 Å². The van der Waals surface area contributed by atoms with Crippen LogP contribution >= 0.6 is 0 Å². The van der Waals surface area contributed by atoms with Gasteiger partial charge in [0.2, 0.25) is 0 Å². The first kappa shape index (κ1) is 16.0. The van der Waals surface area contributed by atoms with Crippen LogP contribution in [0.25, 0.3) is 10.8 Å². The molecule has 4 heteroatoms. The number of phenols is 1. The van der Waals surface area contributed by atoms with E-state index >= 15 is 0 Å². The van der Waals surface area contributed by atoms with E-state index in [0.29, 0.717) is 5.56 Å². The van der Waals surface area contributed by atoms with E-state index in [2.05, 4.69) is 0 Å². The number of carboxylic acids is 1. The van der Waals surface area contributed by atoms with E-state index in [0.717, 1.165) is 16.3 Å². The maximum atomic E-state index is 11.6. The Hall–Kier alpha value is -2.85. The third-order valence-electron chi connectivity index (χ3n) is 4.20. The van der Waals surface area contributed by atoms with Crippen molar-refractivity contribution in [3.05, 3.63) is 77.4 Å². The van der Waals surface area contributed by atoms with E-state index in [-0.39, 0.29) is 17.4 Å². The Morgan fingerprint density at radius 2 is 1.62 bits per heavy atom. The van der Waals surface area contributed by atoms with Crippen molar-refractivity contribution in [1.82, 2.24) is 4.90 Å². The fourth-order valence-corrected chi connectivity index (χ4v) is 3.16. The number of fused-ring (bicyclic) bond motifs is 1. The Kier molecular flexibility index (Phi) is 4.23. The number of nitrogens with zero attached hydrogens (tertiary/aromatic N) is 1. The van der Waals surface area contributed by atoms with Crippen LogP contribution in [-0.4, -0.2) is 35.2 Å². The smallest absolute Gasteiger partial charge is 0.339 e. The van der Waals surface area contributed by atoms with Crippen molar-refractivity contribution < 1.29 is 15.0 Å². The molecule has 0 radical (unpaired) electrons. The van der Waals surface area contributed by atoms with Crippen molar-refractivity contribution in [3.63, 3.8) is 0 Å². The van der Waals surface area contributed by atoms with E-state index in [4.69, 9.17) is 0 Å². The lowest BCUT2D eigenvalue weighted by Gasteiger charge is -2.28. The van der Waals surface area contributed by atoms with Gasteiger partial charge in [0.15, 0.2) is 0 Å². The average molecular weight is 321 g/mol. The predicted molar refractivity (Wildman–Crippen MR) is 94.5 cm³/mol. The van der Waals surface area contributed by atoms with Gasteiger partial charge in [-0.1, -0.05) is 54.6 Å². The molecule has 24 heavy (non-hydrogen) atoms. The molecule has 0 spiro atoms. The van der Waals surface area contributed by atoms with Crippen LogP contribution in [0.3, 0.4) is 0 Å². The van der Waals surface area contributed by atoms with E-state index in [1.807, 2.05) is 73.6 Å². The van der Waals surface area contributed by atoms with E-state index in [1.165, 1.54) is 6.07 Å². The number of aromatic carboxylic acids is 1. The van der Waals surface area contributed by atoms with Gasteiger partial charge in [-0.25, -0.2) is 4.79 Å². The first-order chi connectivity index (χ1) is 11.5. The summed E-state index contributed by atoms with van der Waals surface area (Å²) < 4.78 is 0. The normalized spacial score (nSPS) is 12.5. The lowest BCUT2D eigenvalue weighted by atomic mass is 9.90. The van der Waals surface area contributed by atoms with Gasteiger partial charge in [0.05, 0.1) is 6.04 Å².